The highest BCUT2D eigenvalue weighted by atomic mass is 31.2. The van der Waals surface area contributed by atoms with E-state index in [1.807, 2.05) is 12.3 Å². The van der Waals surface area contributed by atoms with Crippen molar-refractivity contribution < 1.29 is 17.7 Å². The molecule has 0 aliphatic heterocycles. The van der Waals surface area contributed by atoms with Gasteiger partial charge < -0.3 is 15.2 Å². The summed E-state index contributed by atoms with van der Waals surface area (Å²) in [5, 5.41) is 11.3. The third-order valence-electron chi connectivity index (χ3n) is 4.71. The molecule has 166 valence electrons. The van der Waals surface area contributed by atoms with Gasteiger partial charge in [0.1, 0.15) is 18.5 Å². The average Bonchev–Trinajstić information content (AvgIpc) is 3.06. The zero-order valence-corrected chi connectivity index (χ0v) is 18.4. The first-order valence-corrected chi connectivity index (χ1v) is 12.2. The van der Waals surface area contributed by atoms with E-state index in [0.717, 1.165) is 17.1 Å². The zero-order chi connectivity index (χ0) is 23.1. The van der Waals surface area contributed by atoms with E-state index in [1.165, 1.54) is 0 Å². The number of benzene rings is 2. The van der Waals surface area contributed by atoms with Crippen molar-refractivity contribution in [2.75, 3.05) is 24.0 Å². The number of nitrogens with one attached hydrogen (secondary N) is 2. The predicted molar refractivity (Wildman–Crippen MR) is 120 cm³/mol. The Kier molecular flexibility index (Phi) is 5.42. The van der Waals surface area contributed by atoms with E-state index in [2.05, 4.69) is 25.7 Å². The molecule has 0 fully saturated rings. The van der Waals surface area contributed by atoms with Gasteiger partial charge in [0.2, 0.25) is 5.95 Å². The topological polar surface area (TPSA) is 84.7 Å². The van der Waals surface area contributed by atoms with Gasteiger partial charge in [-0.3, -0.25) is 4.68 Å². The predicted octanol–water partition coefficient (Wildman–Crippen LogP) is 5.12. The minimum Gasteiger partial charge on any atom is -0.339 e. The Morgan fingerprint density at radius 1 is 1.06 bits per heavy atom. The SMILES string of the molecule is Cn1cc2ccc(Nc3ncc(C(F)(F)F)c(Nc4ccccc4P(C)(C)=O)n3)cc2n1. The number of aromatic nitrogens is 4. The molecule has 7 nitrogen and oxygen atoms in total. The second-order valence-corrected chi connectivity index (χ2v) is 10.8. The van der Waals surface area contributed by atoms with Crippen LogP contribution in [0, 0.1) is 0 Å². The lowest BCUT2D eigenvalue weighted by atomic mass is 10.2. The molecular formula is C21H20F3N6OP. The highest BCUT2D eigenvalue weighted by molar-refractivity contribution is 7.70. The summed E-state index contributed by atoms with van der Waals surface area (Å²) >= 11 is 0. The second-order valence-electron chi connectivity index (χ2n) is 7.65. The van der Waals surface area contributed by atoms with Crippen LogP contribution in [0.2, 0.25) is 0 Å². The molecule has 4 rings (SSSR count). The lowest BCUT2D eigenvalue weighted by Crippen LogP contribution is -2.15. The normalized spacial score (nSPS) is 12.2. The van der Waals surface area contributed by atoms with Crippen molar-refractivity contribution in [1.82, 2.24) is 19.7 Å². The number of alkyl halides is 3. The van der Waals surface area contributed by atoms with Gasteiger partial charge in [0, 0.05) is 35.8 Å². The Bertz CT molecular complexity index is 1350. The minimum atomic E-state index is -4.68. The first kappa shape index (κ1) is 21.8. The molecule has 0 aliphatic carbocycles. The summed E-state index contributed by atoms with van der Waals surface area (Å²) in [6.07, 6.45) is -2.10. The van der Waals surface area contributed by atoms with Crippen molar-refractivity contribution in [3.8, 4) is 0 Å². The summed E-state index contributed by atoms with van der Waals surface area (Å²) in [4.78, 5) is 7.91. The van der Waals surface area contributed by atoms with Crippen LogP contribution in [0.4, 0.5) is 36.3 Å². The molecule has 0 saturated carbocycles. The zero-order valence-electron chi connectivity index (χ0n) is 17.5. The number of para-hydroxylation sites is 1. The fourth-order valence-corrected chi connectivity index (χ4v) is 4.42. The van der Waals surface area contributed by atoms with Crippen molar-refractivity contribution in [2.24, 2.45) is 7.05 Å². The molecule has 0 amide bonds. The first-order chi connectivity index (χ1) is 15.0. The summed E-state index contributed by atoms with van der Waals surface area (Å²) in [5.74, 6) is -0.459. The van der Waals surface area contributed by atoms with Crippen LogP contribution in [0.25, 0.3) is 10.9 Å². The molecule has 2 aromatic carbocycles. The quantitative estimate of drug-likeness (QED) is 0.403. The van der Waals surface area contributed by atoms with E-state index in [9.17, 15) is 17.7 Å². The molecule has 0 unspecified atom stereocenters. The van der Waals surface area contributed by atoms with Gasteiger partial charge in [-0.2, -0.15) is 23.3 Å². The van der Waals surface area contributed by atoms with Crippen LogP contribution >= 0.6 is 7.14 Å². The largest absolute Gasteiger partial charge is 0.421 e. The van der Waals surface area contributed by atoms with E-state index in [1.54, 1.807) is 61.5 Å². The molecule has 32 heavy (non-hydrogen) atoms. The standard InChI is InChI=1S/C21H20F3N6OP/c1-30-12-13-8-9-14(10-17(13)29-30)26-20-25-11-15(21(22,23)24)19(28-20)27-16-6-4-5-7-18(16)32(2,3)31/h4-12H,1-3H3,(H2,25,26,27,28). The van der Waals surface area contributed by atoms with Crippen molar-refractivity contribution in [2.45, 2.75) is 6.18 Å². The molecule has 11 heteroatoms. The number of halogens is 3. The van der Waals surface area contributed by atoms with E-state index in [4.69, 9.17) is 0 Å². The van der Waals surface area contributed by atoms with Crippen molar-refractivity contribution >= 4 is 46.5 Å². The van der Waals surface area contributed by atoms with E-state index < -0.39 is 24.7 Å². The molecule has 4 aromatic rings. The molecule has 0 aliphatic rings. The highest BCUT2D eigenvalue weighted by Gasteiger charge is 2.35. The molecule has 0 saturated heterocycles. The highest BCUT2D eigenvalue weighted by Crippen LogP contribution is 2.40. The van der Waals surface area contributed by atoms with Gasteiger partial charge in [-0.1, -0.05) is 12.1 Å². The molecule has 0 bridgehead atoms. The fraction of sp³-hybridized carbons (Fsp3) is 0.190. The minimum absolute atomic E-state index is 0.0237. The Hall–Kier alpha value is -3.39. The van der Waals surface area contributed by atoms with E-state index >= 15 is 0 Å². The number of aryl methyl sites for hydroxylation is 1. The smallest absolute Gasteiger partial charge is 0.339 e. The van der Waals surface area contributed by atoms with Crippen LogP contribution in [0.3, 0.4) is 0 Å². The third kappa shape index (κ3) is 4.60. The maximum atomic E-state index is 13.6. The number of fused-ring (bicyclic) bond motifs is 1. The number of rotatable bonds is 5. The Morgan fingerprint density at radius 2 is 1.81 bits per heavy atom. The third-order valence-corrected chi connectivity index (χ3v) is 6.26. The number of anilines is 4. The Labute approximate surface area is 182 Å². The van der Waals surface area contributed by atoms with Crippen LogP contribution in [-0.4, -0.2) is 33.1 Å². The van der Waals surface area contributed by atoms with Gasteiger partial charge in [0.15, 0.2) is 0 Å². The molecule has 0 atom stereocenters. The average molecular weight is 460 g/mol. The Balaban J connectivity index is 1.72. The Morgan fingerprint density at radius 3 is 2.53 bits per heavy atom. The molecule has 0 spiro atoms. The summed E-state index contributed by atoms with van der Waals surface area (Å²) in [6.45, 7) is 3.11. The second kappa shape index (κ2) is 7.94. The summed E-state index contributed by atoms with van der Waals surface area (Å²) < 4.78 is 55.1. The molecular weight excluding hydrogens is 440 g/mol. The van der Waals surface area contributed by atoms with Crippen molar-refractivity contribution in [3.63, 3.8) is 0 Å². The maximum Gasteiger partial charge on any atom is 0.421 e. The van der Waals surface area contributed by atoms with Crippen LogP contribution in [0.15, 0.2) is 54.9 Å². The number of hydrogen-bond donors (Lipinski definition) is 2. The maximum absolute atomic E-state index is 13.6. The monoisotopic (exact) mass is 460 g/mol. The summed E-state index contributed by atoms with van der Waals surface area (Å²) in [6, 6.07) is 11.9. The van der Waals surface area contributed by atoms with Crippen LogP contribution in [0.5, 0.6) is 0 Å². The lowest BCUT2D eigenvalue weighted by Gasteiger charge is -2.18. The summed E-state index contributed by atoms with van der Waals surface area (Å²) in [7, 11) is -0.949. The molecule has 2 heterocycles. The van der Waals surface area contributed by atoms with Gasteiger partial charge >= 0.3 is 6.18 Å². The van der Waals surface area contributed by atoms with Gasteiger partial charge in [-0.25, -0.2) is 4.98 Å². The molecule has 0 radical (unpaired) electrons. The van der Waals surface area contributed by atoms with Crippen molar-refractivity contribution in [1.29, 1.82) is 0 Å². The number of nitrogens with zero attached hydrogens (tertiary/aromatic N) is 4. The van der Waals surface area contributed by atoms with Gasteiger partial charge in [-0.15, -0.1) is 0 Å². The first-order valence-electron chi connectivity index (χ1n) is 9.57. The summed E-state index contributed by atoms with van der Waals surface area (Å²) in [5.41, 5.74) is 0.568. The van der Waals surface area contributed by atoms with Gasteiger partial charge in [-0.05, 0) is 43.7 Å². The van der Waals surface area contributed by atoms with Crippen LogP contribution < -0.4 is 15.9 Å². The lowest BCUT2D eigenvalue weighted by molar-refractivity contribution is -0.137. The molecule has 2 N–H and O–H groups in total. The van der Waals surface area contributed by atoms with E-state index in [-0.39, 0.29) is 5.95 Å². The molecule has 2 aromatic heterocycles. The fourth-order valence-electron chi connectivity index (χ4n) is 3.27. The van der Waals surface area contributed by atoms with E-state index in [0.29, 0.717) is 16.7 Å². The van der Waals surface area contributed by atoms with Crippen molar-refractivity contribution in [3.05, 3.63) is 60.4 Å². The van der Waals surface area contributed by atoms with Gasteiger partial charge in [0.25, 0.3) is 0 Å². The van der Waals surface area contributed by atoms with Gasteiger partial charge in [0.05, 0.1) is 11.2 Å². The van der Waals surface area contributed by atoms with Crippen LogP contribution in [0.1, 0.15) is 5.56 Å². The number of hydrogen-bond acceptors (Lipinski definition) is 6. The van der Waals surface area contributed by atoms with Crippen LogP contribution in [-0.2, 0) is 17.8 Å².